The number of fused-ring (bicyclic) bond motifs is 1. The van der Waals surface area contributed by atoms with Gasteiger partial charge in [0.2, 0.25) is 0 Å². The Morgan fingerprint density at radius 1 is 0.939 bits per heavy atom. The van der Waals surface area contributed by atoms with Crippen LogP contribution in [0.15, 0.2) is 82.2 Å². The number of benzene rings is 2. The highest BCUT2D eigenvalue weighted by atomic mass is 16.3. The van der Waals surface area contributed by atoms with Crippen molar-refractivity contribution < 1.29 is 9.21 Å². The van der Waals surface area contributed by atoms with Crippen LogP contribution >= 0.6 is 0 Å². The normalized spacial score (nSPS) is 13.9. The van der Waals surface area contributed by atoms with Crippen molar-refractivity contribution in [3.8, 4) is 0 Å². The number of amides is 2. The van der Waals surface area contributed by atoms with Crippen molar-refractivity contribution in [2.45, 2.75) is 13.1 Å². The number of furan rings is 1. The number of nitrogens with one attached hydrogen (secondary N) is 1. The van der Waals surface area contributed by atoms with Gasteiger partial charge in [0, 0.05) is 26.2 Å². The van der Waals surface area contributed by atoms with Gasteiger partial charge < -0.3 is 19.5 Å². The fourth-order valence-electron chi connectivity index (χ4n) is 4.12. The summed E-state index contributed by atoms with van der Waals surface area (Å²) in [7, 11) is 0. The molecule has 2 aromatic carbocycles. The summed E-state index contributed by atoms with van der Waals surface area (Å²) in [6.07, 6.45) is 1.58. The molecule has 1 aliphatic heterocycles. The van der Waals surface area contributed by atoms with Gasteiger partial charge in [0.25, 0.3) is 5.56 Å². The van der Waals surface area contributed by atoms with Gasteiger partial charge in [0.15, 0.2) is 5.82 Å². The summed E-state index contributed by atoms with van der Waals surface area (Å²) in [5.74, 6) is 1.14. The van der Waals surface area contributed by atoms with Crippen LogP contribution in [0, 0.1) is 0 Å². The summed E-state index contributed by atoms with van der Waals surface area (Å²) in [6.45, 7) is 2.93. The van der Waals surface area contributed by atoms with Crippen LogP contribution in [0.5, 0.6) is 0 Å². The first-order chi connectivity index (χ1) is 16.2. The van der Waals surface area contributed by atoms with E-state index in [1.165, 1.54) is 0 Å². The third kappa shape index (κ3) is 4.45. The number of hydrogen-bond donors (Lipinski definition) is 1. The Labute approximate surface area is 191 Å². The van der Waals surface area contributed by atoms with Gasteiger partial charge in [0.05, 0.1) is 30.4 Å². The monoisotopic (exact) mass is 443 g/mol. The topological polar surface area (TPSA) is 83.6 Å². The van der Waals surface area contributed by atoms with Crippen LogP contribution in [-0.2, 0) is 13.1 Å². The maximum Gasteiger partial charge on any atom is 0.317 e. The minimum atomic E-state index is -0.140. The van der Waals surface area contributed by atoms with E-state index in [9.17, 15) is 9.59 Å². The molecule has 1 saturated heterocycles. The van der Waals surface area contributed by atoms with Gasteiger partial charge in [-0.1, -0.05) is 42.5 Å². The number of piperazine rings is 1. The van der Waals surface area contributed by atoms with E-state index in [4.69, 9.17) is 9.40 Å². The number of carbonyl (C=O) groups excluding carboxylic acids is 1. The van der Waals surface area contributed by atoms with E-state index in [0.717, 1.165) is 16.6 Å². The molecule has 1 N–H and O–H groups in total. The van der Waals surface area contributed by atoms with Crippen LogP contribution < -0.4 is 15.8 Å². The van der Waals surface area contributed by atoms with Gasteiger partial charge >= 0.3 is 6.03 Å². The van der Waals surface area contributed by atoms with Crippen molar-refractivity contribution in [3.63, 3.8) is 0 Å². The Kier molecular flexibility index (Phi) is 5.80. The third-order valence-electron chi connectivity index (χ3n) is 5.88. The minimum absolute atomic E-state index is 0.117. The molecule has 168 valence electrons. The van der Waals surface area contributed by atoms with Gasteiger partial charge in [0.1, 0.15) is 5.76 Å². The van der Waals surface area contributed by atoms with Crippen LogP contribution in [-0.4, -0.2) is 46.7 Å². The van der Waals surface area contributed by atoms with E-state index in [-0.39, 0.29) is 11.6 Å². The minimum Gasteiger partial charge on any atom is -0.467 e. The summed E-state index contributed by atoms with van der Waals surface area (Å²) in [5, 5.41) is 2.87. The molecule has 0 spiro atoms. The number of rotatable bonds is 5. The van der Waals surface area contributed by atoms with Crippen molar-refractivity contribution in [3.05, 3.63) is 94.7 Å². The molecule has 0 aliphatic carbocycles. The van der Waals surface area contributed by atoms with Gasteiger partial charge in [-0.2, -0.15) is 0 Å². The molecule has 8 nitrogen and oxygen atoms in total. The zero-order valence-corrected chi connectivity index (χ0v) is 18.2. The molecule has 0 atom stereocenters. The molecule has 2 aromatic heterocycles. The summed E-state index contributed by atoms with van der Waals surface area (Å²) in [6, 6.07) is 21.1. The van der Waals surface area contributed by atoms with Crippen molar-refractivity contribution >= 4 is 22.9 Å². The Bertz CT molecular complexity index is 1290. The fraction of sp³-hybridized carbons (Fsp3) is 0.240. The van der Waals surface area contributed by atoms with E-state index in [0.29, 0.717) is 50.8 Å². The van der Waals surface area contributed by atoms with Gasteiger partial charge in [-0.3, -0.25) is 9.36 Å². The Hall–Kier alpha value is -4.07. The lowest BCUT2D eigenvalue weighted by molar-refractivity contribution is 0.193. The fourth-order valence-corrected chi connectivity index (χ4v) is 4.12. The number of hydrogen-bond acceptors (Lipinski definition) is 5. The van der Waals surface area contributed by atoms with E-state index in [1.54, 1.807) is 21.8 Å². The van der Waals surface area contributed by atoms with E-state index >= 15 is 0 Å². The van der Waals surface area contributed by atoms with E-state index in [1.807, 2.05) is 65.6 Å². The molecule has 5 rings (SSSR count). The van der Waals surface area contributed by atoms with Crippen molar-refractivity contribution in [1.29, 1.82) is 0 Å². The highest BCUT2D eigenvalue weighted by Gasteiger charge is 2.25. The zero-order valence-electron chi connectivity index (χ0n) is 18.2. The molecule has 0 unspecified atom stereocenters. The summed E-state index contributed by atoms with van der Waals surface area (Å²) >= 11 is 0. The summed E-state index contributed by atoms with van der Waals surface area (Å²) in [5.41, 5.74) is 2.53. The number of nitrogens with zero attached hydrogens (tertiary/aromatic N) is 4. The maximum absolute atomic E-state index is 13.5. The highest BCUT2D eigenvalue weighted by molar-refractivity contribution is 5.77. The van der Waals surface area contributed by atoms with Crippen LogP contribution in [0.25, 0.3) is 11.0 Å². The third-order valence-corrected chi connectivity index (χ3v) is 5.88. The van der Waals surface area contributed by atoms with Gasteiger partial charge in [-0.25, -0.2) is 9.78 Å². The first kappa shape index (κ1) is 20.8. The molecule has 0 radical (unpaired) electrons. The predicted molar refractivity (Wildman–Crippen MR) is 126 cm³/mol. The van der Waals surface area contributed by atoms with E-state index in [2.05, 4.69) is 5.32 Å². The lowest BCUT2D eigenvalue weighted by Gasteiger charge is -2.35. The average Bonchev–Trinajstić information content (AvgIpc) is 3.39. The summed E-state index contributed by atoms with van der Waals surface area (Å²) < 4.78 is 7.05. The number of carbonyl (C=O) groups is 1. The molecule has 3 heterocycles. The first-order valence-electron chi connectivity index (χ1n) is 11.0. The number of urea groups is 1. The van der Waals surface area contributed by atoms with Crippen LogP contribution in [0.1, 0.15) is 11.3 Å². The molecule has 1 fully saturated rings. The second kappa shape index (κ2) is 9.20. The number of para-hydroxylation sites is 2. The Balaban J connectivity index is 1.34. The largest absolute Gasteiger partial charge is 0.467 e. The highest BCUT2D eigenvalue weighted by Crippen LogP contribution is 2.17. The van der Waals surface area contributed by atoms with E-state index < -0.39 is 0 Å². The SMILES string of the molecule is O=C(NCc1ccco1)N1CCN(c2nc3ccccc3n(Cc3ccccc3)c2=O)CC1. The zero-order chi connectivity index (χ0) is 22.6. The molecule has 0 bridgehead atoms. The van der Waals surface area contributed by atoms with Gasteiger partial charge in [-0.15, -0.1) is 0 Å². The van der Waals surface area contributed by atoms with Crippen molar-refractivity contribution in [1.82, 2.24) is 19.8 Å². The number of anilines is 1. The molecule has 4 aromatic rings. The second-order valence-corrected chi connectivity index (χ2v) is 8.01. The quantitative estimate of drug-likeness (QED) is 0.513. The smallest absolute Gasteiger partial charge is 0.317 e. The molecular formula is C25H25N5O3. The van der Waals surface area contributed by atoms with Gasteiger partial charge in [-0.05, 0) is 29.8 Å². The molecule has 0 saturated carbocycles. The Morgan fingerprint density at radius 2 is 1.70 bits per heavy atom. The second-order valence-electron chi connectivity index (χ2n) is 8.01. The molecule has 1 aliphatic rings. The van der Waals surface area contributed by atoms with Crippen molar-refractivity contribution in [2.75, 3.05) is 31.1 Å². The van der Waals surface area contributed by atoms with Crippen LogP contribution in [0.2, 0.25) is 0 Å². The molecular weight excluding hydrogens is 418 g/mol. The van der Waals surface area contributed by atoms with Crippen LogP contribution in [0.4, 0.5) is 10.6 Å². The van der Waals surface area contributed by atoms with Crippen LogP contribution in [0.3, 0.4) is 0 Å². The molecule has 2 amide bonds. The average molecular weight is 444 g/mol. The van der Waals surface area contributed by atoms with Crippen molar-refractivity contribution in [2.24, 2.45) is 0 Å². The molecule has 8 heteroatoms. The first-order valence-corrected chi connectivity index (χ1v) is 11.0. The standard InChI is InChI=1S/C25H25N5O3/c31-24-23(28-12-14-29(15-13-28)25(32)26-17-20-9-6-16-33-20)27-21-10-4-5-11-22(21)30(24)18-19-7-2-1-3-8-19/h1-11,16H,12-15,17-18H2,(H,26,32). The lowest BCUT2D eigenvalue weighted by Crippen LogP contribution is -2.53. The Morgan fingerprint density at radius 3 is 2.45 bits per heavy atom. The lowest BCUT2D eigenvalue weighted by atomic mass is 10.2. The summed E-state index contributed by atoms with van der Waals surface area (Å²) in [4.78, 5) is 34.4. The number of aromatic nitrogens is 2. The predicted octanol–water partition coefficient (Wildman–Crippen LogP) is 3.07. The maximum atomic E-state index is 13.5. The molecule has 33 heavy (non-hydrogen) atoms.